The Morgan fingerprint density at radius 3 is 2.72 bits per heavy atom. The van der Waals surface area contributed by atoms with Crippen molar-refractivity contribution in [1.29, 1.82) is 0 Å². The zero-order chi connectivity index (χ0) is 13.1. The van der Waals surface area contributed by atoms with E-state index >= 15 is 0 Å². The number of carboxylic acids is 1. The van der Waals surface area contributed by atoms with Gasteiger partial charge < -0.3 is 10.0 Å². The fourth-order valence-electron chi connectivity index (χ4n) is 2.37. The van der Waals surface area contributed by atoms with Crippen molar-refractivity contribution in [2.75, 3.05) is 18.0 Å². The Hall–Kier alpha value is -1.22. The third-order valence-electron chi connectivity index (χ3n) is 3.62. The third-order valence-corrected chi connectivity index (χ3v) is 3.92. The number of hydrogen-bond acceptors (Lipinski definition) is 2. The van der Waals surface area contributed by atoms with E-state index in [2.05, 4.69) is 4.90 Å². The highest BCUT2D eigenvalue weighted by atomic mass is 35.5. The summed E-state index contributed by atoms with van der Waals surface area (Å²) < 4.78 is 0. The SMILES string of the molecule is CCN(CC1CCC1)c1c(Cl)cccc1C(=O)O. The molecule has 0 amide bonds. The highest BCUT2D eigenvalue weighted by molar-refractivity contribution is 6.34. The minimum atomic E-state index is -0.917. The predicted molar refractivity (Wildman–Crippen MR) is 73.6 cm³/mol. The summed E-state index contributed by atoms with van der Waals surface area (Å²) >= 11 is 6.19. The first-order valence-electron chi connectivity index (χ1n) is 6.40. The second-order valence-electron chi connectivity index (χ2n) is 4.78. The average molecular weight is 268 g/mol. The summed E-state index contributed by atoms with van der Waals surface area (Å²) in [6, 6.07) is 5.06. The molecule has 0 spiro atoms. The molecule has 18 heavy (non-hydrogen) atoms. The number of nitrogens with zero attached hydrogens (tertiary/aromatic N) is 1. The summed E-state index contributed by atoms with van der Waals surface area (Å²) in [7, 11) is 0. The van der Waals surface area contributed by atoms with Gasteiger partial charge in [0.2, 0.25) is 0 Å². The molecule has 1 aliphatic carbocycles. The summed E-state index contributed by atoms with van der Waals surface area (Å²) in [5.74, 6) is -0.234. The standard InChI is InChI=1S/C14H18ClNO2/c1-2-16(9-10-5-3-6-10)13-11(14(17)18)7-4-8-12(13)15/h4,7-8,10H,2-3,5-6,9H2,1H3,(H,17,18). The molecule has 2 rings (SSSR count). The molecule has 0 heterocycles. The first kappa shape index (κ1) is 13.2. The van der Waals surface area contributed by atoms with E-state index in [-0.39, 0.29) is 0 Å². The fourth-order valence-corrected chi connectivity index (χ4v) is 2.67. The van der Waals surface area contributed by atoms with Crippen LogP contribution in [0.2, 0.25) is 5.02 Å². The van der Waals surface area contributed by atoms with Crippen molar-refractivity contribution in [1.82, 2.24) is 0 Å². The van der Waals surface area contributed by atoms with E-state index in [0.29, 0.717) is 22.2 Å². The summed E-state index contributed by atoms with van der Waals surface area (Å²) in [5, 5.41) is 9.78. The van der Waals surface area contributed by atoms with E-state index in [1.807, 2.05) is 6.92 Å². The van der Waals surface area contributed by atoms with Gasteiger partial charge in [-0.05, 0) is 37.8 Å². The molecule has 1 aliphatic rings. The number of benzene rings is 1. The normalized spacial score (nSPS) is 15.2. The Bertz CT molecular complexity index is 443. The van der Waals surface area contributed by atoms with Gasteiger partial charge in [0.1, 0.15) is 0 Å². The van der Waals surface area contributed by atoms with Crippen LogP contribution in [-0.4, -0.2) is 24.2 Å². The lowest BCUT2D eigenvalue weighted by Gasteiger charge is -2.34. The van der Waals surface area contributed by atoms with Crippen LogP contribution in [0.4, 0.5) is 5.69 Å². The molecule has 1 aromatic carbocycles. The Morgan fingerprint density at radius 1 is 1.50 bits per heavy atom. The van der Waals surface area contributed by atoms with E-state index in [9.17, 15) is 9.90 Å². The van der Waals surface area contributed by atoms with E-state index < -0.39 is 5.97 Å². The van der Waals surface area contributed by atoms with Crippen LogP contribution in [-0.2, 0) is 0 Å². The molecule has 3 nitrogen and oxygen atoms in total. The van der Waals surface area contributed by atoms with Gasteiger partial charge >= 0.3 is 5.97 Å². The number of carboxylic acid groups (broad SMARTS) is 1. The van der Waals surface area contributed by atoms with E-state index in [0.717, 1.165) is 13.1 Å². The van der Waals surface area contributed by atoms with Gasteiger partial charge in [0.15, 0.2) is 0 Å². The van der Waals surface area contributed by atoms with Crippen molar-refractivity contribution >= 4 is 23.3 Å². The Morgan fingerprint density at radius 2 is 2.22 bits per heavy atom. The van der Waals surface area contributed by atoms with Crippen LogP contribution in [0.3, 0.4) is 0 Å². The van der Waals surface area contributed by atoms with Gasteiger partial charge in [-0.25, -0.2) is 4.79 Å². The highest BCUT2D eigenvalue weighted by Gasteiger charge is 2.24. The van der Waals surface area contributed by atoms with Crippen molar-refractivity contribution in [2.24, 2.45) is 5.92 Å². The van der Waals surface area contributed by atoms with Gasteiger partial charge in [-0.1, -0.05) is 24.1 Å². The summed E-state index contributed by atoms with van der Waals surface area (Å²) in [6.07, 6.45) is 3.77. The van der Waals surface area contributed by atoms with Crippen molar-refractivity contribution < 1.29 is 9.90 Å². The number of rotatable bonds is 5. The average Bonchev–Trinajstić information content (AvgIpc) is 2.28. The van der Waals surface area contributed by atoms with Crippen LogP contribution < -0.4 is 4.90 Å². The monoisotopic (exact) mass is 267 g/mol. The van der Waals surface area contributed by atoms with Gasteiger partial charge in [0.05, 0.1) is 16.3 Å². The molecule has 0 bridgehead atoms. The minimum absolute atomic E-state index is 0.295. The molecule has 1 fully saturated rings. The third kappa shape index (κ3) is 2.61. The van der Waals surface area contributed by atoms with Crippen LogP contribution in [0, 0.1) is 5.92 Å². The van der Waals surface area contributed by atoms with Gasteiger partial charge in [0.25, 0.3) is 0 Å². The number of anilines is 1. The number of halogens is 1. The van der Waals surface area contributed by atoms with Crippen molar-refractivity contribution in [3.63, 3.8) is 0 Å². The van der Waals surface area contributed by atoms with Crippen LogP contribution in [0.5, 0.6) is 0 Å². The smallest absolute Gasteiger partial charge is 0.337 e. The Labute approximate surface area is 112 Å². The molecular weight excluding hydrogens is 250 g/mol. The molecule has 0 aliphatic heterocycles. The largest absolute Gasteiger partial charge is 0.478 e. The summed E-state index contributed by atoms with van der Waals surface area (Å²) in [4.78, 5) is 13.4. The molecule has 1 saturated carbocycles. The molecular formula is C14H18ClNO2. The van der Waals surface area contributed by atoms with Crippen LogP contribution in [0.25, 0.3) is 0 Å². The van der Waals surface area contributed by atoms with Crippen LogP contribution in [0.15, 0.2) is 18.2 Å². The fraction of sp³-hybridized carbons (Fsp3) is 0.500. The maximum absolute atomic E-state index is 11.3. The molecule has 0 saturated heterocycles. The Balaban J connectivity index is 2.30. The summed E-state index contributed by atoms with van der Waals surface area (Å²) in [5.41, 5.74) is 0.963. The number of hydrogen-bond donors (Lipinski definition) is 1. The second-order valence-corrected chi connectivity index (χ2v) is 5.18. The Kier molecular flexibility index (Phi) is 4.12. The maximum Gasteiger partial charge on any atom is 0.337 e. The molecule has 0 radical (unpaired) electrons. The van der Waals surface area contributed by atoms with Gasteiger partial charge in [0, 0.05) is 13.1 Å². The lowest BCUT2D eigenvalue weighted by molar-refractivity contribution is 0.0697. The zero-order valence-corrected chi connectivity index (χ0v) is 11.3. The molecule has 0 atom stereocenters. The van der Waals surface area contributed by atoms with Gasteiger partial charge in [-0.2, -0.15) is 0 Å². The second kappa shape index (κ2) is 5.61. The van der Waals surface area contributed by atoms with E-state index in [1.165, 1.54) is 19.3 Å². The van der Waals surface area contributed by atoms with Crippen LogP contribution in [0.1, 0.15) is 36.5 Å². The van der Waals surface area contributed by atoms with E-state index in [4.69, 9.17) is 11.6 Å². The molecule has 0 unspecified atom stereocenters. The maximum atomic E-state index is 11.3. The van der Waals surface area contributed by atoms with Crippen LogP contribution >= 0.6 is 11.6 Å². The molecule has 1 aromatic rings. The lowest BCUT2D eigenvalue weighted by atomic mass is 9.85. The number of para-hydroxylation sites is 1. The van der Waals surface area contributed by atoms with E-state index in [1.54, 1.807) is 18.2 Å². The van der Waals surface area contributed by atoms with Gasteiger partial charge in [-0.3, -0.25) is 0 Å². The van der Waals surface area contributed by atoms with Crippen molar-refractivity contribution in [2.45, 2.75) is 26.2 Å². The quantitative estimate of drug-likeness (QED) is 0.885. The predicted octanol–water partition coefficient (Wildman–Crippen LogP) is 3.66. The molecule has 0 aromatic heterocycles. The topological polar surface area (TPSA) is 40.5 Å². The highest BCUT2D eigenvalue weighted by Crippen LogP contribution is 2.34. The van der Waals surface area contributed by atoms with Crippen molar-refractivity contribution in [3.8, 4) is 0 Å². The molecule has 98 valence electrons. The van der Waals surface area contributed by atoms with Gasteiger partial charge in [-0.15, -0.1) is 0 Å². The summed E-state index contributed by atoms with van der Waals surface area (Å²) in [6.45, 7) is 3.72. The first-order chi connectivity index (χ1) is 8.63. The van der Waals surface area contributed by atoms with Crippen molar-refractivity contribution in [3.05, 3.63) is 28.8 Å². The minimum Gasteiger partial charge on any atom is -0.478 e. The molecule has 4 heteroatoms. The lowest BCUT2D eigenvalue weighted by Crippen LogP contribution is -2.33. The first-order valence-corrected chi connectivity index (χ1v) is 6.78. The molecule has 1 N–H and O–H groups in total. The zero-order valence-electron chi connectivity index (χ0n) is 10.5. The number of carbonyl (C=O) groups is 1. The number of aromatic carboxylic acids is 1.